The van der Waals surface area contributed by atoms with Gasteiger partial charge in [-0.25, -0.2) is 0 Å². The highest BCUT2D eigenvalue weighted by Crippen LogP contribution is 2.26. The Morgan fingerprint density at radius 3 is 1.68 bits per heavy atom. The number of nitrogens with zero attached hydrogens (tertiary/aromatic N) is 1. The molecule has 1 unspecified atom stereocenters. The van der Waals surface area contributed by atoms with Gasteiger partial charge in [0.25, 0.3) is 0 Å². The van der Waals surface area contributed by atoms with Crippen LogP contribution in [-0.4, -0.2) is 51.9 Å². The second-order valence-electron chi connectivity index (χ2n) is 8.53. The van der Waals surface area contributed by atoms with Crippen molar-refractivity contribution in [2.24, 2.45) is 0 Å². The Labute approximate surface area is 156 Å². The third-order valence-corrected chi connectivity index (χ3v) is 11.4. The van der Waals surface area contributed by atoms with Crippen LogP contribution in [0.2, 0.25) is 39.3 Å². The van der Waals surface area contributed by atoms with Crippen molar-refractivity contribution in [2.75, 3.05) is 13.2 Å². The molecule has 0 N–H and O–H groups in total. The lowest BCUT2D eigenvalue weighted by Crippen LogP contribution is -2.65. The first-order valence-electron chi connectivity index (χ1n) is 9.56. The largest absolute Gasteiger partial charge is 0.466 e. The minimum absolute atomic E-state index is 0.0865. The molecule has 0 aromatic carbocycles. The monoisotopic (exact) mass is 389 g/mol. The molecular formula is C18H39NO4Si2. The van der Waals surface area contributed by atoms with E-state index in [9.17, 15) is 9.59 Å². The van der Waals surface area contributed by atoms with Gasteiger partial charge in [0, 0.05) is 0 Å². The second kappa shape index (κ2) is 11.1. The standard InChI is InChI=1S/C18H39NO4Si2/c1-9-11-13-22-17(20)15-16(18(21)23-14-12-10-2)19(24(3,4)5)25(6,7)8/h16H,9-15H2,1-8H3. The van der Waals surface area contributed by atoms with Gasteiger partial charge < -0.3 is 13.7 Å². The van der Waals surface area contributed by atoms with Gasteiger partial charge in [-0.15, -0.1) is 0 Å². The van der Waals surface area contributed by atoms with Gasteiger partial charge in [0.15, 0.2) is 0 Å². The van der Waals surface area contributed by atoms with E-state index in [1.54, 1.807) is 0 Å². The van der Waals surface area contributed by atoms with E-state index in [2.05, 4.69) is 57.4 Å². The molecule has 0 aromatic heterocycles. The number of esters is 2. The van der Waals surface area contributed by atoms with E-state index in [0.717, 1.165) is 25.7 Å². The quantitative estimate of drug-likeness (QED) is 0.281. The summed E-state index contributed by atoms with van der Waals surface area (Å²) in [6.07, 6.45) is 3.74. The van der Waals surface area contributed by atoms with Crippen molar-refractivity contribution >= 4 is 28.4 Å². The summed E-state index contributed by atoms with van der Waals surface area (Å²) in [6.45, 7) is 18.3. The molecule has 0 bridgehead atoms. The van der Waals surface area contributed by atoms with Gasteiger partial charge in [-0.05, 0) is 12.8 Å². The van der Waals surface area contributed by atoms with Gasteiger partial charge in [-0.3, -0.25) is 9.59 Å². The molecule has 0 amide bonds. The van der Waals surface area contributed by atoms with Gasteiger partial charge in [0.1, 0.15) is 22.5 Å². The maximum atomic E-state index is 12.8. The maximum absolute atomic E-state index is 12.8. The lowest BCUT2D eigenvalue weighted by molar-refractivity contribution is -0.154. The third kappa shape index (κ3) is 9.56. The van der Waals surface area contributed by atoms with E-state index < -0.39 is 22.5 Å². The molecule has 1 atom stereocenters. The summed E-state index contributed by atoms with van der Waals surface area (Å²) in [6, 6.07) is -0.524. The van der Waals surface area contributed by atoms with Crippen LogP contribution in [0.3, 0.4) is 0 Å². The van der Waals surface area contributed by atoms with Gasteiger partial charge in [0.05, 0.1) is 19.6 Å². The number of carbonyl (C=O) groups excluding carboxylic acids is 2. The molecule has 0 aliphatic rings. The summed E-state index contributed by atoms with van der Waals surface area (Å²) in [5.74, 6) is -0.571. The van der Waals surface area contributed by atoms with Crippen LogP contribution in [0.4, 0.5) is 0 Å². The van der Waals surface area contributed by atoms with Crippen molar-refractivity contribution in [2.45, 2.75) is 91.3 Å². The number of ether oxygens (including phenoxy) is 2. The SMILES string of the molecule is CCCCOC(=O)CC(C(=O)OCCCC)N([Si](C)(C)C)[Si](C)(C)C. The first-order chi connectivity index (χ1) is 11.4. The van der Waals surface area contributed by atoms with E-state index in [1.807, 2.05) is 0 Å². The molecular weight excluding hydrogens is 350 g/mol. The molecule has 0 saturated carbocycles. The van der Waals surface area contributed by atoms with E-state index in [4.69, 9.17) is 9.47 Å². The predicted octanol–water partition coefficient (Wildman–Crippen LogP) is 4.40. The molecule has 5 nitrogen and oxygen atoms in total. The highest BCUT2D eigenvalue weighted by molar-refractivity contribution is 6.89. The fourth-order valence-electron chi connectivity index (χ4n) is 3.18. The smallest absolute Gasteiger partial charge is 0.322 e. The predicted molar refractivity (Wildman–Crippen MR) is 109 cm³/mol. The Bertz CT molecular complexity index is 402. The molecule has 0 fully saturated rings. The van der Waals surface area contributed by atoms with Crippen LogP contribution in [-0.2, 0) is 19.1 Å². The van der Waals surface area contributed by atoms with Crippen molar-refractivity contribution in [3.05, 3.63) is 0 Å². The Morgan fingerprint density at radius 2 is 1.28 bits per heavy atom. The van der Waals surface area contributed by atoms with Gasteiger partial charge >= 0.3 is 11.9 Å². The van der Waals surface area contributed by atoms with E-state index >= 15 is 0 Å². The zero-order valence-electron chi connectivity index (χ0n) is 17.6. The van der Waals surface area contributed by atoms with Gasteiger partial charge in [0.2, 0.25) is 0 Å². The molecule has 148 valence electrons. The van der Waals surface area contributed by atoms with E-state index in [1.165, 1.54) is 0 Å². The first-order valence-corrected chi connectivity index (χ1v) is 16.5. The molecule has 0 spiro atoms. The molecule has 0 aliphatic carbocycles. The van der Waals surface area contributed by atoms with Crippen LogP contribution >= 0.6 is 0 Å². The summed E-state index contributed by atoms with van der Waals surface area (Å²) in [4.78, 5) is 25.1. The van der Waals surface area contributed by atoms with Gasteiger partial charge in [-0.1, -0.05) is 66.0 Å². The molecule has 0 saturated heterocycles. The Morgan fingerprint density at radius 1 is 0.840 bits per heavy atom. The molecule has 0 aliphatic heterocycles. The lowest BCUT2D eigenvalue weighted by Gasteiger charge is -2.47. The van der Waals surface area contributed by atoms with Crippen LogP contribution in [0.15, 0.2) is 0 Å². The average molecular weight is 390 g/mol. The second-order valence-corrected chi connectivity index (χ2v) is 18.6. The minimum Gasteiger partial charge on any atom is -0.466 e. The zero-order chi connectivity index (χ0) is 19.7. The van der Waals surface area contributed by atoms with Crippen molar-refractivity contribution in [1.82, 2.24) is 4.23 Å². The fraction of sp³-hybridized carbons (Fsp3) is 0.889. The Hall–Kier alpha value is -0.666. The number of hydrogen-bond donors (Lipinski definition) is 0. The van der Waals surface area contributed by atoms with E-state index in [-0.39, 0.29) is 18.4 Å². The number of carbonyl (C=O) groups is 2. The summed E-state index contributed by atoms with van der Waals surface area (Å²) in [7, 11) is -3.63. The first kappa shape index (κ1) is 24.3. The average Bonchev–Trinajstić information content (AvgIpc) is 2.44. The van der Waals surface area contributed by atoms with Crippen molar-refractivity contribution in [3.63, 3.8) is 0 Å². The molecule has 0 rings (SSSR count). The van der Waals surface area contributed by atoms with Crippen LogP contribution in [0, 0.1) is 0 Å². The fourth-order valence-corrected chi connectivity index (χ4v) is 13.5. The van der Waals surface area contributed by atoms with Crippen LogP contribution in [0.5, 0.6) is 0 Å². The van der Waals surface area contributed by atoms with Crippen molar-refractivity contribution in [3.8, 4) is 0 Å². The highest BCUT2D eigenvalue weighted by Gasteiger charge is 2.44. The molecule has 7 heteroatoms. The van der Waals surface area contributed by atoms with Crippen LogP contribution < -0.4 is 0 Å². The normalized spacial score (nSPS) is 13.6. The zero-order valence-corrected chi connectivity index (χ0v) is 19.6. The molecule has 0 radical (unpaired) electrons. The minimum atomic E-state index is -1.81. The van der Waals surface area contributed by atoms with Crippen molar-refractivity contribution < 1.29 is 19.1 Å². The summed E-state index contributed by atoms with van der Waals surface area (Å²) >= 11 is 0. The third-order valence-electron chi connectivity index (χ3n) is 3.89. The summed E-state index contributed by atoms with van der Waals surface area (Å²) in [5.41, 5.74) is 0. The lowest BCUT2D eigenvalue weighted by atomic mass is 10.2. The highest BCUT2D eigenvalue weighted by atomic mass is 28.4. The number of unbranched alkanes of at least 4 members (excludes halogenated alkanes) is 2. The number of hydrogen-bond acceptors (Lipinski definition) is 5. The summed E-state index contributed by atoms with van der Waals surface area (Å²) < 4.78 is 13.2. The Kier molecular flexibility index (Phi) is 10.8. The topological polar surface area (TPSA) is 55.8 Å². The maximum Gasteiger partial charge on any atom is 0.322 e. The summed E-state index contributed by atoms with van der Waals surface area (Å²) in [5, 5.41) is 0. The molecule has 25 heavy (non-hydrogen) atoms. The van der Waals surface area contributed by atoms with Crippen LogP contribution in [0.25, 0.3) is 0 Å². The molecule has 0 aromatic rings. The van der Waals surface area contributed by atoms with Crippen molar-refractivity contribution in [1.29, 1.82) is 0 Å². The van der Waals surface area contributed by atoms with Crippen LogP contribution in [0.1, 0.15) is 46.0 Å². The molecule has 0 heterocycles. The van der Waals surface area contributed by atoms with Gasteiger partial charge in [-0.2, -0.15) is 0 Å². The number of rotatable bonds is 12. The van der Waals surface area contributed by atoms with E-state index in [0.29, 0.717) is 13.2 Å². The Balaban J connectivity index is 5.34.